The first-order chi connectivity index (χ1) is 9.31. The molecule has 0 spiro atoms. The number of aliphatic carboxylic acids is 1. The molecule has 0 radical (unpaired) electrons. The zero-order valence-electron chi connectivity index (χ0n) is 11.8. The monoisotopic (exact) mass is 297 g/mol. The van der Waals surface area contributed by atoms with Crippen molar-refractivity contribution in [2.45, 2.75) is 31.0 Å². The van der Waals surface area contributed by atoms with Gasteiger partial charge in [0.15, 0.2) is 5.16 Å². The fraction of sp³-hybridized carbons (Fsp3) is 0.462. The summed E-state index contributed by atoms with van der Waals surface area (Å²) in [6.07, 6.45) is 6.57. The first-order valence-electron chi connectivity index (χ1n) is 6.07. The molecule has 1 aromatic heterocycles. The average Bonchev–Trinajstić information content (AvgIpc) is 2.36. The molecule has 1 aromatic rings. The van der Waals surface area contributed by atoms with Gasteiger partial charge in [-0.2, -0.15) is 0 Å². The molecule has 1 rings (SSSR count). The second kappa shape index (κ2) is 7.25. The maximum absolute atomic E-state index is 10.5. The molecular weight excluding hydrogens is 278 g/mol. The predicted molar refractivity (Wildman–Crippen MR) is 79.1 cm³/mol. The summed E-state index contributed by atoms with van der Waals surface area (Å²) < 4.78 is 0. The van der Waals surface area contributed by atoms with Crippen LogP contribution in [0.3, 0.4) is 0 Å². The lowest BCUT2D eigenvalue weighted by molar-refractivity contribution is -0.131. The zero-order valence-corrected chi connectivity index (χ0v) is 12.6. The Bertz CT molecular complexity index is 498. The van der Waals surface area contributed by atoms with Crippen LogP contribution in [0.1, 0.15) is 19.4 Å². The van der Waals surface area contributed by atoms with Crippen LogP contribution in [0.15, 0.2) is 23.5 Å². The molecule has 0 aromatic carbocycles. The number of nitrogens with one attached hydrogen (secondary N) is 1. The van der Waals surface area contributed by atoms with Gasteiger partial charge in [0, 0.05) is 24.4 Å². The van der Waals surface area contributed by atoms with Gasteiger partial charge in [-0.1, -0.05) is 17.8 Å². The largest absolute Gasteiger partial charge is 0.478 e. The molecule has 1 heterocycles. The van der Waals surface area contributed by atoms with Crippen molar-refractivity contribution in [2.75, 3.05) is 18.1 Å². The summed E-state index contributed by atoms with van der Waals surface area (Å²) >= 11 is 1.42. The molecule has 0 saturated carbocycles. The number of aromatic nitrogens is 2. The summed E-state index contributed by atoms with van der Waals surface area (Å²) in [5, 5.41) is 22.0. The highest BCUT2D eigenvalue weighted by Crippen LogP contribution is 2.18. The molecule has 7 heteroatoms. The summed E-state index contributed by atoms with van der Waals surface area (Å²) in [5.74, 6) is -0.376. The number of rotatable bonds is 7. The van der Waals surface area contributed by atoms with Crippen molar-refractivity contribution >= 4 is 23.5 Å². The van der Waals surface area contributed by atoms with E-state index < -0.39 is 11.6 Å². The molecule has 0 aliphatic carbocycles. The number of hydrogen-bond donors (Lipinski definition) is 3. The number of allylic oxidation sites excluding steroid dienone is 1. The second-order valence-corrected chi connectivity index (χ2v) is 5.61. The van der Waals surface area contributed by atoms with Crippen molar-refractivity contribution in [3.8, 4) is 0 Å². The van der Waals surface area contributed by atoms with E-state index in [1.54, 1.807) is 20.0 Å². The van der Waals surface area contributed by atoms with Crippen molar-refractivity contribution in [2.24, 2.45) is 0 Å². The van der Waals surface area contributed by atoms with Crippen LogP contribution in [0.2, 0.25) is 0 Å². The van der Waals surface area contributed by atoms with E-state index in [4.69, 9.17) is 5.11 Å². The fourth-order valence-electron chi connectivity index (χ4n) is 1.38. The standard InChI is InChI=1S/C13H19N3O3S/c1-13(2,19)8-15-11-9(5-4-6-10(17)18)7-14-12(16-11)20-3/h4,6-7,19H,5,8H2,1-3H3,(H,17,18)(H,14,15,16)/b6-4+. The van der Waals surface area contributed by atoms with Crippen LogP contribution in [0.4, 0.5) is 5.82 Å². The Hall–Kier alpha value is -1.60. The van der Waals surface area contributed by atoms with Gasteiger partial charge in [0.1, 0.15) is 5.82 Å². The Morgan fingerprint density at radius 3 is 2.80 bits per heavy atom. The number of carboxylic acid groups (broad SMARTS) is 1. The number of anilines is 1. The average molecular weight is 297 g/mol. The third kappa shape index (κ3) is 6.03. The van der Waals surface area contributed by atoms with Crippen molar-refractivity contribution in [3.05, 3.63) is 23.9 Å². The lowest BCUT2D eigenvalue weighted by Crippen LogP contribution is -2.30. The molecular formula is C13H19N3O3S. The lowest BCUT2D eigenvalue weighted by atomic mass is 10.1. The molecule has 0 unspecified atom stereocenters. The molecule has 0 atom stereocenters. The number of aliphatic hydroxyl groups is 1. The van der Waals surface area contributed by atoms with Crippen LogP contribution >= 0.6 is 11.8 Å². The maximum atomic E-state index is 10.5. The number of thioether (sulfide) groups is 1. The highest BCUT2D eigenvalue weighted by molar-refractivity contribution is 7.98. The third-order valence-corrected chi connectivity index (χ3v) is 2.87. The van der Waals surface area contributed by atoms with Crippen LogP contribution in [0, 0.1) is 0 Å². The molecule has 0 saturated heterocycles. The Morgan fingerprint density at radius 2 is 2.25 bits per heavy atom. The van der Waals surface area contributed by atoms with Gasteiger partial charge in [-0.05, 0) is 26.5 Å². The summed E-state index contributed by atoms with van der Waals surface area (Å²) in [5.41, 5.74) is -0.0805. The Balaban J connectivity index is 2.88. The van der Waals surface area contributed by atoms with Crippen molar-refractivity contribution in [3.63, 3.8) is 0 Å². The van der Waals surface area contributed by atoms with Gasteiger partial charge in [-0.25, -0.2) is 14.8 Å². The molecule has 110 valence electrons. The molecule has 0 aliphatic heterocycles. The zero-order chi connectivity index (χ0) is 15.2. The van der Waals surface area contributed by atoms with E-state index in [-0.39, 0.29) is 0 Å². The second-order valence-electron chi connectivity index (χ2n) is 4.84. The van der Waals surface area contributed by atoms with E-state index in [2.05, 4.69) is 15.3 Å². The first kappa shape index (κ1) is 16.5. The van der Waals surface area contributed by atoms with Gasteiger partial charge in [0.05, 0.1) is 5.60 Å². The van der Waals surface area contributed by atoms with Crippen LogP contribution in [0.5, 0.6) is 0 Å². The minimum absolute atomic E-state index is 0.341. The quantitative estimate of drug-likeness (QED) is 0.399. The summed E-state index contributed by atoms with van der Waals surface area (Å²) in [6, 6.07) is 0. The van der Waals surface area contributed by atoms with E-state index in [1.165, 1.54) is 17.8 Å². The fourth-order valence-corrected chi connectivity index (χ4v) is 1.72. The third-order valence-electron chi connectivity index (χ3n) is 2.31. The van der Waals surface area contributed by atoms with Gasteiger partial charge in [0.25, 0.3) is 0 Å². The van der Waals surface area contributed by atoms with Crippen LogP contribution in [-0.2, 0) is 11.2 Å². The molecule has 0 fully saturated rings. The van der Waals surface area contributed by atoms with Gasteiger partial charge in [-0.15, -0.1) is 0 Å². The van der Waals surface area contributed by atoms with Crippen LogP contribution in [0.25, 0.3) is 0 Å². The van der Waals surface area contributed by atoms with E-state index in [0.29, 0.717) is 23.9 Å². The SMILES string of the molecule is CSc1ncc(C/C=C/C(=O)O)c(NCC(C)(C)O)n1. The van der Waals surface area contributed by atoms with Crippen molar-refractivity contribution in [1.29, 1.82) is 0 Å². The molecule has 20 heavy (non-hydrogen) atoms. The normalized spacial score (nSPS) is 11.8. The summed E-state index contributed by atoms with van der Waals surface area (Å²) in [7, 11) is 0. The topological polar surface area (TPSA) is 95.3 Å². The minimum atomic E-state index is -0.988. The van der Waals surface area contributed by atoms with E-state index >= 15 is 0 Å². The molecule has 0 aliphatic rings. The number of nitrogens with zero attached hydrogens (tertiary/aromatic N) is 2. The number of carbonyl (C=O) groups is 1. The Kier molecular flexibility index (Phi) is 5.97. The van der Waals surface area contributed by atoms with Gasteiger partial charge < -0.3 is 15.5 Å². The number of hydrogen-bond acceptors (Lipinski definition) is 6. The van der Waals surface area contributed by atoms with Gasteiger partial charge in [-0.3, -0.25) is 0 Å². The minimum Gasteiger partial charge on any atom is -0.478 e. The van der Waals surface area contributed by atoms with E-state index in [0.717, 1.165) is 11.6 Å². The van der Waals surface area contributed by atoms with E-state index in [9.17, 15) is 9.90 Å². The highest BCUT2D eigenvalue weighted by Gasteiger charge is 2.14. The molecule has 0 amide bonds. The molecule has 6 nitrogen and oxygen atoms in total. The predicted octanol–water partition coefficient (Wildman–Crippen LogP) is 1.56. The molecule has 3 N–H and O–H groups in total. The van der Waals surface area contributed by atoms with Gasteiger partial charge in [0.2, 0.25) is 0 Å². The Labute approximate surface area is 122 Å². The maximum Gasteiger partial charge on any atom is 0.327 e. The lowest BCUT2D eigenvalue weighted by Gasteiger charge is -2.19. The van der Waals surface area contributed by atoms with Crippen LogP contribution < -0.4 is 5.32 Å². The van der Waals surface area contributed by atoms with E-state index in [1.807, 2.05) is 6.26 Å². The summed E-state index contributed by atoms with van der Waals surface area (Å²) in [6.45, 7) is 3.73. The summed E-state index contributed by atoms with van der Waals surface area (Å²) in [4.78, 5) is 19.0. The highest BCUT2D eigenvalue weighted by atomic mass is 32.2. The van der Waals surface area contributed by atoms with Crippen molar-refractivity contribution in [1.82, 2.24) is 9.97 Å². The van der Waals surface area contributed by atoms with Crippen molar-refractivity contribution < 1.29 is 15.0 Å². The Morgan fingerprint density at radius 1 is 1.55 bits per heavy atom. The first-order valence-corrected chi connectivity index (χ1v) is 7.30. The van der Waals surface area contributed by atoms with Gasteiger partial charge >= 0.3 is 5.97 Å². The van der Waals surface area contributed by atoms with Crippen LogP contribution in [-0.4, -0.2) is 44.6 Å². The molecule has 0 bridgehead atoms. The number of carboxylic acids is 1. The smallest absolute Gasteiger partial charge is 0.327 e.